The molecular formula is C15H22ClN3O2. The third-order valence-electron chi connectivity index (χ3n) is 3.83. The van der Waals surface area contributed by atoms with Gasteiger partial charge < -0.3 is 10.8 Å². The fraction of sp³-hybridized carbons (Fsp3) is 0.533. The minimum Gasteiger partial charge on any atom is -0.395 e. The van der Waals surface area contributed by atoms with Crippen LogP contribution in [-0.4, -0.2) is 60.1 Å². The number of aliphatic hydroxyl groups is 1. The molecule has 1 amide bonds. The Bertz CT molecular complexity index is 496. The van der Waals surface area contributed by atoms with Crippen molar-refractivity contribution in [2.75, 3.05) is 39.3 Å². The molecule has 21 heavy (non-hydrogen) atoms. The van der Waals surface area contributed by atoms with E-state index in [4.69, 9.17) is 22.4 Å². The van der Waals surface area contributed by atoms with E-state index < -0.39 is 5.91 Å². The van der Waals surface area contributed by atoms with Crippen LogP contribution >= 0.6 is 11.6 Å². The largest absolute Gasteiger partial charge is 0.395 e. The van der Waals surface area contributed by atoms with E-state index in [9.17, 15) is 4.79 Å². The van der Waals surface area contributed by atoms with Crippen molar-refractivity contribution in [3.8, 4) is 0 Å². The average molecular weight is 312 g/mol. The van der Waals surface area contributed by atoms with Crippen molar-refractivity contribution in [2.45, 2.75) is 13.0 Å². The summed E-state index contributed by atoms with van der Waals surface area (Å²) in [4.78, 5) is 15.8. The first-order chi connectivity index (χ1) is 10.1. The molecule has 1 saturated heterocycles. The molecule has 1 aromatic rings. The molecule has 1 aliphatic heterocycles. The number of nitrogens with two attached hydrogens (primary N) is 1. The van der Waals surface area contributed by atoms with E-state index in [1.807, 2.05) is 6.07 Å². The summed E-state index contributed by atoms with van der Waals surface area (Å²) in [6, 6.07) is 5.23. The summed E-state index contributed by atoms with van der Waals surface area (Å²) in [7, 11) is 0. The number of primary amides is 1. The summed E-state index contributed by atoms with van der Waals surface area (Å²) < 4.78 is 0. The monoisotopic (exact) mass is 311 g/mol. The molecule has 0 atom stereocenters. The molecular weight excluding hydrogens is 290 g/mol. The zero-order valence-electron chi connectivity index (χ0n) is 12.1. The van der Waals surface area contributed by atoms with Gasteiger partial charge in [0.15, 0.2) is 0 Å². The van der Waals surface area contributed by atoms with Crippen molar-refractivity contribution < 1.29 is 9.90 Å². The van der Waals surface area contributed by atoms with Crippen LogP contribution in [0.15, 0.2) is 18.2 Å². The SMILES string of the molecule is NC(=O)c1ccc(CN2CCCN(CCO)CC2)c(Cl)c1. The van der Waals surface area contributed by atoms with Crippen molar-refractivity contribution in [3.05, 3.63) is 34.3 Å². The van der Waals surface area contributed by atoms with Gasteiger partial charge >= 0.3 is 0 Å². The fourth-order valence-electron chi connectivity index (χ4n) is 2.62. The van der Waals surface area contributed by atoms with Gasteiger partial charge in [-0.2, -0.15) is 0 Å². The standard InChI is InChI=1S/C15H22ClN3O2/c16-14-10-12(15(17)21)2-3-13(14)11-19-5-1-4-18(6-7-19)8-9-20/h2-3,10,20H,1,4-9,11H2,(H2,17,21). The van der Waals surface area contributed by atoms with Crippen molar-refractivity contribution in [3.63, 3.8) is 0 Å². The minimum absolute atomic E-state index is 0.209. The Hall–Kier alpha value is -1.14. The Morgan fingerprint density at radius 1 is 1.24 bits per heavy atom. The molecule has 0 spiro atoms. The Morgan fingerprint density at radius 3 is 2.62 bits per heavy atom. The molecule has 0 saturated carbocycles. The molecule has 1 aliphatic rings. The second-order valence-corrected chi connectivity index (χ2v) is 5.77. The molecule has 0 radical (unpaired) electrons. The van der Waals surface area contributed by atoms with Crippen LogP contribution in [0.5, 0.6) is 0 Å². The van der Waals surface area contributed by atoms with Crippen LogP contribution in [0.25, 0.3) is 0 Å². The maximum atomic E-state index is 11.1. The number of benzene rings is 1. The molecule has 0 bridgehead atoms. The zero-order chi connectivity index (χ0) is 15.2. The van der Waals surface area contributed by atoms with Gasteiger partial charge in [0, 0.05) is 36.8 Å². The van der Waals surface area contributed by atoms with Gasteiger partial charge in [-0.1, -0.05) is 17.7 Å². The van der Waals surface area contributed by atoms with Gasteiger partial charge in [-0.15, -0.1) is 0 Å². The molecule has 0 unspecified atom stereocenters. The quantitative estimate of drug-likeness (QED) is 0.849. The van der Waals surface area contributed by atoms with Gasteiger partial charge in [0.05, 0.1) is 6.61 Å². The molecule has 3 N–H and O–H groups in total. The number of aliphatic hydroxyl groups excluding tert-OH is 1. The van der Waals surface area contributed by atoms with Crippen LogP contribution < -0.4 is 5.73 Å². The second kappa shape index (κ2) is 7.75. The summed E-state index contributed by atoms with van der Waals surface area (Å²) in [5.41, 5.74) is 6.70. The first kappa shape index (κ1) is 16.2. The van der Waals surface area contributed by atoms with Crippen LogP contribution in [0.4, 0.5) is 0 Å². The van der Waals surface area contributed by atoms with Gasteiger partial charge in [0.25, 0.3) is 0 Å². The van der Waals surface area contributed by atoms with E-state index in [0.717, 1.165) is 51.3 Å². The van der Waals surface area contributed by atoms with E-state index in [0.29, 0.717) is 10.6 Å². The van der Waals surface area contributed by atoms with E-state index in [-0.39, 0.29) is 6.61 Å². The number of β-amino-alcohol motifs (C(OH)–C–C–N with tert-alkyl or cyclic N) is 1. The zero-order valence-corrected chi connectivity index (χ0v) is 12.9. The molecule has 1 aromatic carbocycles. The van der Waals surface area contributed by atoms with Crippen LogP contribution in [0.3, 0.4) is 0 Å². The summed E-state index contributed by atoms with van der Waals surface area (Å²) in [6.07, 6.45) is 1.08. The molecule has 0 aromatic heterocycles. The molecule has 2 rings (SSSR count). The highest BCUT2D eigenvalue weighted by Gasteiger charge is 2.16. The van der Waals surface area contributed by atoms with E-state index in [2.05, 4.69) is 9.80 Å². The Kier molecular flexibility index (Phi) is 5.99. The van der Waals surface area contributed by atoms with Crippen LogP contribution in [0, 0.1) is 0 Å². The fourth-order valence-corrected chi connectivity index (χ4v) is 2.86. The smallest absolute Gasteiger partial charge is 0.248 e. The summed E-state index contributed by atoms with van der Waals surface area (Å²) in [5, 5.41) is 9.59. The molecule has 1 fully saturated rings. The Balaban J connectivity index is 1.97. The highest BCUT2D eigenvalue weighted by molar-refractivity contribution is 6.31. The van der Waals surface area contributed by atoms with E-state index in [1.165, 1.54) is 0 Å². The predicted molar refractivity (Wildman–Crippen MR) is 83.4 cm³/mol. The maximum Gasteiger partial charge on any atom is 0.248 e. The van der Waals surface area contributed by atoms with Crippen LogP contribution in [0.1, 0.15) is 22.3 Å². The first-order valence-electron chi connectivity index (χ1n) is 7.24. The van der Waals surface area contributed by atoms with Gasteiger partial charge in [-0.3, -0.25) is 14.6 Å². The van der Waals surface area contributed by atoms with Gasteiger partial charge in [0.1, 0.15) is 0 Å². The molecule has 1 heterocycles. The number of nitrogens with zero attached hydrogens (tertiary/aromatic N) is 2. The first-order valence-corrected chi connectivity index (χ1v) is 7.61. The van der Waals surface area contributed by atoms with Gasteiger partial charge in [0.2, 0.25) is 5.91 Å². The van der Waals surface area contributed by atoms with Crippen molar-refractivity contribution in [1.82, 2.24) is 9.80 Å². The highest BCUT2D eigenvalue weighted by atomic mass is 35.5. The Morgan fingerprint density at radius 2 is 1.95 bits per heavy atom. The van der Waals surface area contributed by atoms with Gasteiger partial charge in [-0.25, -0.2) is 0 Å². The number of carbonyl (C=O) groups excluding carboxylic acids is 1. The number of halogens is 1. The second-order valence-electron chi connectivity index (χ2n) is 5.37. The molecule has 6 heteroatoms. The van der Waals surface area contributed by atoms with Crippen molar-refractivity contribution in [2.24, 2.45) is 5.73 Å². The number of rotatable bonds is 5. The number of hydrogen-bond acceptors (Lipinski definition) is 4. The van der Waals surface area contributed by atoms with E-state index >= 15 is 0 Å². The lowest BCUT2D eigenvalue weighted by Gasteiger charge is -2.21. The predicted octanol–water partition coefficient (Wildman–Crippen LogP) is 0.939. The lowest BCUT2D eigenvalue weighted by molar-refractivity contribution is 0.1000. The van der Waals surface area contributed by atoms with E-state index in [1.54, 1.807) is 12.1 Å². The maximum absolute atomic E-state index is 11.1. The highest BCUT2D eigenvalue weighted by Crippen LogP contribution is 2.20. The number of hydrogen-bond donors (Lipinski definition) is 2. The van der Waals surface area contributed by atoms with Crippen LogP contribution in [0.2, 0.25) is 5.02 Å². The molecule has 116 valence electrons. The summed E-state index contributed by atoms with van der Waals surface area (Å²) in [6.45, 7) is 5.65. The number of carbonyl (C=O) groups is 1. The topological polar surface area (TPSA) is 69.8 Å². The third-order valence-corrected chi connectivity index (χ3v) is 4.18. The lowest BCUT2D eigenvalue weighted by atomic mass is 10.1. The Labute approximate surface area is 130 Å². The minimum atomic E-state index is -0.460. The average Bonchev–Trinajstić information content (AvgIpc) is 2.67. The van der Waals surface area contributed by atoms with Crippen LogP contribution in [-0.2, 0) is 6.54 Å². The van der Waals surface area contributed by atoms with Crippen molar-refractivity contribution in [1.29, 1.82) is 0 Å². The number of amides is 1. The normalized spacial score (nSPS) is 17.6. The third kappa shape index (κ3) is 4.68. The molecule has 0 aliphatic carbocycles. The lowest BCUT2D eigenvalue weighted by Crippen LogP contribution is -2.32. The summed E-state index contributed by atoms with van der Waals surface area (Å²) >= 11 is 6.23. The summed E-state index contributed by atoms with van der Waals surface area (Å²) in [5.74, 6) is -0.460. The van der Waals surface area contributed by atoms with Gasteiger partial charge in [-0.05, 0) is 37.2 Å². The van der Waals surface area contributed by atoms with Crippen molar-refractivity contribution >= 4 is 17.5 Å². The molecule has 5 nitrogen and oxygen atoms in total.